The summed E-state index contributed by atoms with van der Waals surface area (Å²) >= 11 is 0. The lowest BCUT2D eigenvalue weighted by Gasteiger charge is -2.34. The summed E-state index contributed by atoms with van der Waals surface area (Å²) < 4.78 is 51.9. The molecule has 106 valence electrons. The Bertz CT molecular complexity index is 439. The monoisotopic (exact) mass is 276 g/mol. The molecule has 1 saturated heterocycles. The van der Waals surface area contributed by atoms with Crippen LogP contribution in [0.2, 0.25) is 0 Å². The van der Waals surface area contributed by atoms with Gasteiger partial charge in [0.1, 0.15) is 5.82 Å². The number of hydrogen-bond donors (Lipinski definition) is 1. The predicted octanol–water partition coefficient (Wildman–Crippen LogP) is 2.81. The minimum atomic E-state index is -4.53. The van der Waals surface area contributed by atoms with E-state index in [1.54, 1.807) is 6.92 Å². The minimum Gasteiger partial charge on any atom is -0.314 e. The van der Waals surface area contributed by atoms with Crippen LogP contribution in [-0.2, 0) is 6.18 Å². The molecule has 1 heterocycles. The molecular weight excluding hydrogens is 260 g/mol. The topological polar surface area (TPSA) is 15.3 Å². The minimum absolute atomic E-state index is 0.135. The zero-order chi connectivity index (χ0) is 14.0. The van der Waals surface area contributed by atoms with Crippen molar-refractivity contribution in [2.75, 3.05) is 26.2 Å². The maximum absolute atomic E-state index is 13.1. The molecule has 0 bridgehead atoms. The van der Waals surface area contributed by atoms with Crippen molar-refractivity contribution in [3.05, 3.63) is 35.1 Å². The molecule has 1 aromatic carbocycles. The van der Waals surface area contributed by atoms with Crippen molar-refractivity contribution >= 4 is 0 Å². The van der Waals surface area contributed by atoms with Gasteiger partial charge in [-0.1, -0.05) is 6.07 Å². The van der Waals surface area contributed by atoms with E-state index in [0.29, 0.717) is 19.2 Å². The normalized spacial score (nSPS) is 19.4. The van der Waals surface area contributed by atoms with Crippen molar-refractivity contribution in [2.24, 2.45) is 0 Å². The molecular formula is C13H16F4N2. The highest BCUT2D eigenvalue weighted by atomic mass is 19.4. The van der Waals surface area contributed by atoms with Crippen LogP contribution in [-0.4, -0.2) is 31.1 Å². The first-order valence-corrected chi connectivity index (χ1v) is 6.21. The SMILES string of the molecule is CC(c1ccc(F)cc1C(F)(F)F)N1CCNCC1. The van der Waals surface area contributed by atoms with Crippen molar-refractivity contribution in [1.82, 2.24) is 10.2 Å². The number of benzene rings is 1. The largest absolute Gasteiger partial charge is 0.416 e. The predicted molar refractivity (Wildman–Crippen MR) is 64.3 cm³/mol. The van der Waals surface area contributed by atoms with Gasteiger partial charge in [-0.3, -0.25) is 4.90 Å². The maximum atomic E-state index is 13.1. The molecule has 0 aromatic heterocycles. The third-order valence-corrected chi connectivity index (χ3v) is 3.47. The van der Waals surface area contributed by atoms with Gasteiger partial charge in [-0.2, -0.15) is 13.2 Å². The van der Waals surface area contributed by atoms with E-state index < -0.39 is 17.6 Å². The third-order valence-electron chi connectivity index (χ3n) is 3.47. The molecule has 2 nitrogen and oxygen atoms in total. The first kappa shape index (κ1) is 14.3. The Morgan fingerprint density at radius 2 is 1.84 bits per heavy atom. The molecule has 1 aliphatic heterocycles. The average Bonchev–Trinajstić information content (AvgIpc) is 2.38. The van der Waals surface area contributed by atoms with Crippen molar-refractivity contribution in [2.45, 2.75) is 19.1 Å². The summed E-state index contributed by atoms with van der Waals surface area (Å²) in [4.78, 5) is 1.97. The second-order valence-corrected chi connectivity index (χ2v) is 4.69. The molecule has 0 spiro atoms. The summed E-state index contributed by atoms with van der Waals surface area (Å²) in [7, 11) is 0. The van der Waals surface area contributed by atoms with Gasteiger partial charge in [0.2, 0.25) is 0 Å². The van der Waals surface area contributed by atoms with Crippen molar-refractivity contribution in [3.8, 4) is 0 Å². The van der Waals surface area contributed by atoms with Gasteiger partial charge in [-0.25, -0.2) is 4.39 Å². The Balaban J connectivity index is 2.32. The Kier molecular flexibility index (Phi) is 4.10. The lowest BCUT2D eigenvalue weighted by molar-refractivity contribution is -0.139. The van der Waals surface area contributed by atoms with Crippen molar-refractivity contribution in [3.63, 3.8) is 0 Å². The first-order valence-electron chi connectivity index (χ1n) is 6.21. The molecule has 0 amide bonds. The standard InChI is InChI=1S/C13H16F4N2/c1-9(19-6-4-18-5-7-19)11-3-2-10(14)8-12(11)13(15,16)17/h2-3,8-9,18H,4-7H2,1H3. The molecule has 19 heavy (non-hydrogen) atoms. The van der Waals surface area contributed by atoms with Gasteiger partial charge in [-0.05, 0) is 24.6 Å². The van der Waals surface area contributed by atoms with Crippen LogP contribution in [0.25, 0.3) is 0 Å². The molecule has 2 rings (SSSR count). The summed E-state index contributed by atoms with van der Waals surface area (Å²) in [6, 6.07) is 2.53. The molecule has 1 aromatic rings. The van der Waals surface area contributed by atoms with Crippen LogP contribution in [0.3, 0.4) is 0 Å². The molecule has 1 atom stereocenters. The fourth-order valence-corrected chi connectivity index (χ4v) is 2.40. The second kappa shape index (κ2) is 5.46. The summed E-state index contributed by atoms with van der Waals surface area (Å²) in [6.45, 7) is 4.62. The van der Waals surface area contributed by atoms with E-state index in [9.17, 15) is 17.6 Å². The van der Waals surface area contributed by atoms with Crippen LogP contribution in [0.5, 0.6) is 0 Å². The number of halogens is 4. The molecule has 1 unspecified atom stereocenters. The summed E-state index contributed by atoms with van der Waals surface area (Å²) in [5.41, 5.74) is -0.741. The van der Waals surface area contributed by atoms with Gasteiger partial charge in [0.15, 0.2) is 0 Å². The van der Waals surface area contributed by atoms with Gasteiger partial charge in [-0.15, -0.1) is 0 Å². The molecule has 1 aliphatic rings. The van der Waals surface area contributed by atoms with Gasteiger partial charge in [0.05, 0.1) is 5.56 Å². The van der Waals surface area contributed by atoms with E-state index in [2.05, 4.69) is 5.32 Å². The number of piperazine rings is 1. The molecule has 0 aliphatic carbocycles. The molecule has 1 fully saturated rings. The fraction of sp³-hybridized carbons (Fsp3) is 0.538. The molecule has 0 radical (unpaired) electrons. The number of hydrogen-bond acceptors (Lipinski definition) is 2. The van der Waals surface area contributed by atoms with Crippen LogP contribution in [0.1, 0.15) is 24.1 Å². The summed E-state index contributed by atoms with van der Waals surface area (Å²) in [5, 5.41) is 3.15. The number of alkyl halides is 3. The number of nitrogens with zero attached hydrogens (tertiary/aromatic N) is 1. The van der Waals surface area contributed by atoms with Gasteiger partial charge < -0.3 is 5.32 Å². The van der Waals surface area contributed by atoms with E-state index >= 15 is 0 Å². The van der Waals surface area contributed by atoms with Crippen LogP contribution in [0.4, 0.5) is 17.6 Å². The quantitative estimate of drug-likeness (QED) is 0.836. The summed E-state index contributed by atoms with van der Waals surface area (Å²) in [6.07, 6.45) is -4.53. The van der Waals surface area contributed by atoms with E-state index in [1.807, 2.05) is 4.90 Å². The lowest BCUT2D eigenvalue weighted by atomic mass is 9.99. The van der Waals surface area contributed by atoms with Crippen LogP contribution in [0.15, 0.2) is 18.2 Å². The lowest BCUT2D eigenvalue weighted by Crippen LogP contribution is -2.44. The number of nitrogens with one attached hydrogen (secondary N) is 1. The Morgan fingerprint density at radius 1 is 1.21 bits per heavy atom. The Labute approximate surface area is 109 Å². The molecule has 0 saturated carbocycles. The van der Waals surface area contributed by atoms with E-state index in [0.717, 1.165) is 19.2 Å². The Hall–Kier alpha value is -1.14. The molecule has 6 heteroatoms. The highest BCUT2D eigenvalue weighted by molar-refractivity contribution is 5.33. The van der Waals surface area contributed by atoms with Crippen LogP contribution < -0.4 is 5.32 Å². The number of rotatable bonds is 2. The van der Waals surface area contributed by atoms with Gasteiger partial charge >= 0.3 is 6.18 Å². The van der Waals surface area contributed by atoms with Crippen LogP contribution in [0, 0.1) is 5.82 Å². The second-order valence-electron chi connectivity index (χ2n) is 4.69. The van der Waals surface area contributed by atoms with E-state index in [4.69, 9.17) is 0 Å². The third kappa shape index (κ3) is 3.25. The van der Waals surface area contributed by atoms with Crippen LogP contribution >= 0.6 is 0 Å². The van der Waals surface area contributed by atoms with E-state index in [1.165, 1.54) is 6.07 Å². The zero-order valence-electron chi connectivity index (χ0n) is 10.6. The Morgan fingerprint density at radius 3 is 2.42 bits per heavy atom. The van der Waals surface area contributed by atoms with Crippen molar-refractivity contribution in [1.29, 1.82) is 0 Å². The zero-order valence-corrected chi connectivity index (χ0v) is 10.6. The van der Waals surface area contributed by atoms with E-state index in [-0.39, 0.29) is 11.6 Å². The highest BCUT2D eigenvalue weighted by Gasteiger charge is 2.36. The maximum Gasteiger partial charge on any atom is 0.416 e. The summed E-state index contributed by atoms with van der Waals surface area (Å²) in [5.74, 6) is -0.858. The fourth-order valence-electron chi connectivity index (χ4n) is 2.40. The smallest absolute Gasteiger partial charge is 0.314 e. The van der Waals surface area contributed by atoms with Gasteiger partial charge in [0, 0.05) is 32.2 Å². The van der Waals surface area contributed by atoms with Crippen molar-refractivity contribution < 1.29 is 17.6 Å². The average molecular weight is 276 g/mol. The highest BCUT2D eigenvalue weighted by Crippen LogP contribution is 2.36. The molecule has 1 N–H and O–H groups in total. The first-order chi connectivity index (χ1) is 8.89. The van der Waals surface area contributed by atoms with Gasteiger partial charge in [0.25, 0.3) is 0 Å².